The van der Waals surface area contributed by atoms with Gasteiger partial charge in [-0.05, 0) is 24.6 Å². The van der Waals surface area contributed by atoms with Crippen molar-refractivity contribution in [3.05, 3.63) is 77.9 Å². The molecule has 0 aliphatic heterocycles. The molecule has 0 unspecified atom stereocenters. The van der Waals surface area contributed by atoms with Gasteiger partial charge in [0.2, 0.25) is 5.95 Å². The maximum absolute atomic E-state index is 13.0. The van der Waals surface area contributed by atoms with Crippen LogP contribution < -0.4 is 11.1 Å². The number of nitrogens with zero attached hydrogens (tertiary/aromatic N) is 3. The molecule has 2 aromatic heterocycles. The van der Waals surface area contributed by atoms with Crippen LogP contribution in [0.4, 0.5) is 5.95 Å². The fourth-order valence-corrected chi connectivity index (χ4v) is 4.42. The number of aromatic amines is 1. The van der Waals surface area contributed by atoms with Gasteiger partial charge in [0.1, 0.15) is 5.84 Å². The molecule has 0 spiro atoms. The number of sulfone groups is 1. The first-order valence-corrected chi connectivity index (χ1v) is 12.0. The fraction of sp³-hybridized carbons (Fsp3) is 0.0870. The van der Waals surface area contributed by atoms with Gasteiger partial charge in [-0.2, -0.15) is 5.10 Å². The lowest BCUT2D eigenvalue weighted by atomic mass is 10.0. The Bertz CT molecular complexity index is 1510. The van der Waals surface area contributed by atoms with Gasteiger partial charge in [0.25, 0.3) is 5.91 Å². The Labute approximate surface area is 195 Å². The van der Waals surface area contributed by atoms with Crippen LogP contribution in [0.3, 0.4) is 0 Å². The molecule has 4 aromatic rings. The number of benzene rings is 2. The van der Waals surface area contributed by atoms with Crippen molar-refractivity contribution in [1.29, 1.82) is 5.41 Å². The zero-order valence-corrected chi connectivity index (χ0v) is 19.1. The van der Waals surface area contributed by atoms with Gasteiger partial charge in [-0.25, -0.2) is 18.4 Å². The summed E-state index contributed by atoms with van der Waals surface area (Å²) in [6, 6.07) is 13.5. The molecule has 2 heterocycles. The number of H-pyrrole nitrogens is 1. The molecule has 1 amide bonds. The van der Waals surface area contributed by atoms with Gasteiger partial charge in [0, 0.05) is 46.6 Å². The second kappa shape index (κ2) is 8.87. The molecule has 0 saturated carbocycles. The topological polar surface area (TPSA) is 168 Å². The molecule has 0 aliphatic rings. The molecule has 4 rings (SSSR count). The highest BCUT2D eigenvalue weighted by Gasteiger charge is 2.21. The molecule has 0 bridgehead atoms. The summed E-state index contributed by atoms with van der Waals surface area (Å²) < 4.78 is 24.2. The van der Waals surface area contributed by atoms with Crippen molar-refractivity contribution >= 4 is 27.5 Å². The molecule has 0 saturated heterocycles. The second-order valence-corrected chi connectivity index (χ2v) is 9.57. The summed E-state index contributed by atoms with van der Waals surface area (Å²) in [7, 11) is -3.44. The molecule has 0 aliphatic carbocycles. The van der Waals surface area contributed by atoms with Gasteiger partial charge in [0.05, 0.1) is 4.90 Å². The third-order valence-corrected chi connectivity index (χ3v) is 6.25. The Hall–Kier alpha value is -4.38. The average Bonchev–Trinajstić information content (AvgIpc) is 3.20. The van der Waals surface area contributed by atoms with Crippen LogP contribution in [0.15, 0.2) is 65.8 Å². The minimum absolute atomic E-state index is 0.0367. The molecule has 0 fully saturated rings. The first-order chi connectivity index (χ1) is 16.1. The maximum Gasteiger partial charge on any atom is 0.279 e. The van der Waals surface area contributed by atoms with Crippen molar-refractivity contribution in [2.24, 2.45) is 5.73 Å². The van der Waals surface area contributed by atoms with Crippen molar-refractivity contribution in [2.45, 2.75) is 11.8 Å². The lowest BCUT2D eigenvalue weighted by Gasteiger charge is -2.09. The molecular formula is C23H21N7O3S. The number of amidine groups is 1. The van der Waals surface area contributed by atoms with Crippen LogP contribution in [0.25, 0.3) is 22.3 Å². The summed E-state index contributed by atoms with van der Waals surface area (Å²) in [5, 5.41) is 17.2. The van der Waals surface area contributed by atoms with E-state index in [0.29, 0.717) is 33.5 Å². The van der Waals surface area contributed by atoms with Crippen LogP contribution >= 0.6 is 0 Å². The van der Waals surface area contributed by atoms with E-state index in [4.69, 9.17) is 11.1 Å². The van der Waals surface area contributed by atoms with Crippen LogP contribution in [-0.4, -0.2) is 46.6 Å². The third-order valence-electron chi connectivity index (χ3n) is 5.10. The zero-order valence-electron chi connectivity index (χ0n) is 18.3. The smallest absolute Gasteiger partial charge is 0.279 e. The molecule has 34 heavy (non-hydrogen) atoms. The van der Waals surface area contributed by atoms with Gasteiger partial charge in [-0.1, -0.05) is 36.4 Å². The molecule has 0 atom stereocenters. The predicted octanol–water partition coefficient (Wildman–Crippen LogP) is 2.78. The van der Waals surface area contributed by atoms with Crippen LogP contribution in [0.1, 0.15) is 21.7 Å². The molecule has 5 N–H and O–H groups in total. The predicted molar refractivity (Wildman–Crippen MR) is 128 cm³/mol. The van der Waals surface area contributed by atoms with Crippen molar-refractivity contribution in [3.8, 4) is 22.3 Å². The number of aryl methyl sites for hydroxylation is 1. The van der Waals surface area contributed by atoms with Gasteiger partial charge < -0.3 is 5.73 Å². The Kier molecular flexibility index (Phi) is 5.95. The number of nitrogens with one attached hydrogen (secondary N) is 3. The Morgan fingerprint density at radius 2 is 1.76 bits per heavy atom. The highest BCUT2D eigenvalue weighted by Crippen LogP contribution is 2.28. The summed E-state index contributed by atoms with van der Waals surface area (Å²) in [6.45, 7) is 1.78. The number of hydrogen-bond acceptors (Lipinski definition) is 7. The lowest BCUT2D eigenvalue weighted by Crippen LogP contribution is -2.16. The number of rotatable bonds is 6. The number of amides is 1. The number of carbonyl (C=O) groups excluding carboxylic acids is 1. The molecule has 2 aromatic carbocycles. The molecular weight excluding hydrogens is 454 g/mol. The van der Waals surface area contributed by atoms with Gasteiger partial charge >= 0.3 is 0 Å². The summed E-state index contributed by atoms with van der Waals surface area (Å²) in [4.78, 5) is 21.5. The van der Waals surface area contributed by atoms with E-state index in [1.807, 2.05) is 0 Å². The van der Waals surface area contributed by atoms with Crippen LogP contribution in [0, 0.1) is 12.3 Å². The average molecular weight is 476 g/mol. The van der Waals surface area contributed by atoms with E-state index in [1.54, 1.807) is 49.4 Å². The highest BCUT2D eigenvalue weighted by atomic mass is 32.2. The Balaban J connectivity index is 1.61. The van der Waals surface area contributed by atoms with Crippen molar-refractivity contribution in [2.75, 3.05) is 11.6 Å². The minimum atomic E-state index is -3.44. The standard InChI is InChI=1S/C23H21N7O3S/c1-13-19(14-6-5-7-15(10-14)21(24)25)20(30-29-13)22(31)28-23-26-11-16(12-27-23)17-8-3-4-9-18(17)34(2,32)33/h3-12H,1-2H3,(H3,24,25)(H,29,30)(H,26,27,28,31). The summed E-state index contributed by atoms with van der Waals surface area (Å²) in [5.41, 5.74) is 9.13. The van der Waals surface area contributed by atoms with E-state index in [0.717, 1.165) is 6.26 Å². The van der Waals surface area contributed by atoms with Crippen LogP contribution in [-0.2, 0) is 9.84 Å². The lowest BCUT2D eigenvalue weighted by molar-refractivity contribution is 0.102. The normalized spacial score (nSPS) is 11.2. The zero-order chi connectivity index (χ0) is 24.5. The van der Waals surface area contributed by atoms with Crippen molar-refractivity contribution < 1.29 is 13.2 Å². The highest BCUT2D eigenvalue weighted by molar-refractivity contribution is 7.90. The monoisotopic (exact) mass is 475 g/mol. The number of nitrogen functional groups attached to an aromatic ring is 1. The molecule has 0 radical (unpaired) electrons. The first kappa shape index (κ1) is 22.8. The van der Waals surface area contributed by atoms with E-state index in [1.165, 1.54) is 18.5 Å². The van der Waals surface area contributed by atoms with Gasteiger partial charge in [0.15, 0.2) is 15.5 Å². The fourth-order valence-electron chi connectivity index (χ4n) is 3.51. The number of aromatic nitrogens is 4. The second-order valence-electron chi connectivity index (χ2n) is 7.58. The quantitative estimate of drug-likeness (QED) is 0.245. The minimum Gasteiger partial charge on any atom is -0.384 e. The number of hydrogen-bond donors (Lipinski definition) is 4. The Morgan fingerprint density at radius 3 is 2.44 bits per heavy atom. The summed E-state index contributed by atoms with van der Waals surface area (Å²) >= 11 is 0. The van der Waals surface area contributed by atoms with Gasteiger partial charge in [-0.15, -0.1) is 0 Å². The molecule has 10 nitrogen and oxygen atoms in total. The van der Waals surface area contributed by atoms with Crippen molar-refractivity contribution in [1.82, 2.24) is 20.2 Å². The van der Waals surface area contributed by atoms with Crippen molar-refractivity contribution in [3.63, 3.8) is 0 Å². The number of nitrogens with two attached hydrogens (primary N) is 1. The van der Waals surface area contributed by atoms with Crippen LogP contribution in [0.5, 0.6) is 0 Å². The molecule has 172 valence electrons. The van der Waals surface area contributed by atoms with E-state index in [-0.39, 0.29) is 22.4 Å². The summed E-state index contributed by atoms with van der Waals surface area (Å²) in [6.07, 6.45) is 4.02. The van der Waals surface area contributed by atoms with E-state index >= 15 is 0 Å². The Morgan fingerprint density at radius 1 is 1.06 bits per heavy atom. The number of anilines is 1. The van der Waals surface area contributed by atoms with E-state index in [2.05, 4.69) is 25.5 Å². The van der Waals surface area contributed by atoms with E-state index in [9.17, 15) is 13.2 Å². The SMILES string of the molecule is Cc1[nH]nc(C(=O)Nc2ncc(-c3ccccc3S(C)(=O)=O)cn2)c1-c1cccc(C(=N)N)c1. The van der Waals surface area contributed by atoms with Gasteiger partial charge in [-0.3, -0.25) is 20.6 Å². The molecule has 11 heteroatoms. The maximum atomic E-state index is 13.0. The number of carbonyl (C=O) groups is 1. The van der Waals surface area contributed by atoms with E-state index < -0.39 is 15.7 Å². The van der Waals surface area contributed by atoms with Crippen LogP contribution in [0.2, 0.25) is 0 Å². The third kappa shape index (κ3) is 4.55. The largest absolute Gasteiger partial charge is 0.384 e. The first-order valence-electron chi connectivity index (χ1n) is 10.1. The summed E-state index contributed by atoms with van der Waals surface area (Å²) in [5.74, 6) is -0.577.